The molecule has 4 heteroatoms. The Balaban J connectivity index is 1.88. The summed E-state index contributed by atoms with van der Waals surface area (Å²) >= 11 is 0. The van der Waals surface area contributed by atoms with E-state index in [1.807, 2.05) is 24.3 Å². The molecule has 0 aromatic heterocycles. The number of amides is 1. The molecule has 1 fully saturated rings. The lowest BCUT2D eigenvalue weighted by Crippen LogP contribution is -2.54. The molecule has 1 saturated carbocycles. The van der Waals surface area contributed by atoms with Gasteiger partial charge in [0.05, 0.1) is 12.1 Å². The Hall–Kier alpha value is -1.39. The Morgan fingerprint density at radius 2 is 1.74 bits per heavy atom. The van der Waals surface area contributed by atoms with Crippen LogP contribution in [-0.2, 0) is 17.9 Å². The van der Waals surface area contributed by atoms with Crippen LogP contribution < -0.4 is 11.1 Å². The van der Waals surface area contributed by atoms with E-state index in [0.29, 0.717) is 6.54 Å². The number of aliphatic hydroxyl groups is 1. The summed E-state index contributed by atoms with van der Waals surface area (Å²) in [5.74, 6) is -0.0431. The number of nitrogens with two attached hydrogens (primary N) is 1. The maximum atomic E-state index is 12.1. The molecule has 1 aromatic carbocycles. The molecule has 0 unspecified atom stereocenters. The molecule has 0 aliphatic heterocycles. The zero-order valence-electron chi connectivity index (χ0n) is 11.2. The Labute approximate surface area is 114 Å². The van der Waals surface area contributed by atoms with E-state index in [9.17, 15) is 4.79 Å². The van der Waals surface area contributed by atoms with Crippen LogP contribution in [0.1, 0.15) is 43.2 Å². The molecule has 2 rings (SSSR count). The van der Waals surface area contributed by atoms with Crippen LogP contribution in [0, 0.1) is 0 Å². The van der Waals surface area contributed by atoms with Crippen molar-refractivity contribution in [3.63, 3.8) is 0 Å². The molecular weight excluding hydrogens is 240 g/mol. The number of aliphatic hydroxyl groups excluding tert-OH is 1. The fraction of sp³-hybridized carbons (Fsp3) is 0.533. The minimum atomic E-state index is -0.677. The van der Waals surface area contributed by atoms with E-state index in [1.54, 1.807) is 0 Å². The van der Waals surface area contributed by atoms with Crippen LogP contribution in [0.15, 0.2) is 24.3 Å². The van der Waals surface area contributed by atoms with Gasteiger partial charge in [-0.15, -0.1) is 0 Å². The molecule has 0 atom stereocenters. The smallest absolute Gasteiger partial charge is 0.240 e. The second-order valence-electron chi connectivity index (χ2n) is 5.37. The number of carbonyl (C=O) groups excluding carboxylic acids is 1. The normalized spacial score (nSPS) is 18.0. The fourth-order valence-electron chi connectivity index (χ4n) is 2.53. The molecule has 1 aromatic rings. The summed E-state index contributed by atoms with van der Waals surface area (Å²) in [5, 5.41) is 11.9. The second-order valence-corrected chi connectivity index (χ2v) is 5.37. The summed E-state index contributed by atoms with van der Waals surface area (Å²) in [7, 11) is 0. The Morgan fingerprint density at radius 1 is 1.16 bits per heavy atom. The molecule has 0 heterocycles. The molecule has 19 heavy (non-hydrogen) atoms. The lowest BCUT2D eigenvalue weighted by molar-refractivity contribution is -0.127. The number of rotatable bonds is 4. The van der Waals surface area contributed by atoms with Crippen molar-refractivity contribution in [1.29, 1.82) is 0 Å². The van der Waals surface area contributed by atoms with E-state index in [-0.39, 0.29) is 12.5 Å². The van der Waals surface area contributed by atoms with Crippen molar-refractivity contribution < 1.29 is 9.90 Å². The average Bonchev–Trinajstić information content (AvgIpc) is 2.46. The summed E-state index contributed by atoms with van der Waals surface area (Å²) in [5.41, 5.74) is 7.38. The van der Waals surface area contributed by atoms with Gasteiger partial charge in [0.15, 0.2) is 0 Å². The zero-order chi connectivity index (χ0) is 13.7. The lowest BCUT2D eigenvalue weighted by Gasteiger charge is -2.31. The number of nitrogens with one attached hydrogen (secondary N) is 1. The number of hydrogen-bond acceptors (Lipinski definition) is 3. The number of benzene rings is 1. The van der Waals surface area contributed by atoms with Crippen molar-refractivity contribution in [1.82, 2.24) is 5.32 Å². The third-order valence-electron chi connectivity index (χ3n) is 3.86. The van der Waals surface area contributed by atoms with Gasteiger partial charge in [0, 0.05) is 6.54 Å². The third kappa shape index (κ3) is 3.55. The summed E-state index contributed by atoms with van der Waals surface area (Å²) in [6, 6.07) is 7.55. The summed E-state index contributed by atoms with van der Waals surface area (Å²) in [6.07, 6.45) is 4.81. The van der Waals surface area contributed by atoms with Crippen molar-refractivity contribution >= 4 is 5.91 Å². The Kier molecular flexibility index (Phi) is 4.56. The van der Waals surface area contributed by atoms with Crippen molar-refractivity contribution in [2.75, 3.05) is 0 Å². The minimum absolute atomic E-state index is 0.0402. The Morgan fingerprint density at radius 3 is 2.32 bits per heavy atom. The van der Waals surface area contributed by atoms with Crippen LogP contribution in [0.25, 0.3) is 0 Å². The van der Waals surface area contributed by atoms with Crippen LogP contribution in [0.5, 0.6) is 0 Å². The van der Waals surface area contributed by atoms with Crippen LogP contribution in [0.4, 0.5) is 0 Å². The summed E-state index contributed by atoms with van der Waals surface area (Å²) in [6.45, 7) is 0.530. The monoisotopic (exact) mass is 262 g/mol. The first-order valence-electron chi connectivity index (χ1n) is 6.90. The molecule has 1 aliphatic rings. The maximum Gasteiger partial charge on any atom is 0.240 e. The van der Waals surface area contributed by atoms with Crippen LogP contribution in [0.2, 0.25) is 0 Å². The molecule has 1 aliphatic carbocycles. The predicted molar refractivity (Wildman–Crippen MR) is 74.2 cm³/mol. The van der Waals surface area contributed by atoms with E-state index in [0.717, 1.165) is 36.8 Å². The zero-order valence-corrected chi connectivity index (χ0v) is 11.2. The SMILES string of the molecule is NC1(C(=O)NCc2ccc(CO)cc2)CCCCC1. The Bertz CT molecular complexity index is 422. The van der Waals surface area contributed by atoms with E-state index in [1.165, 1.54) is 6.42 Å². The molecule has 104 valence electrons. The molecule has 0 radical (unpaired) electrons. The lowest BCUT2D eigenvalue weighted by atomic mass is 9.82. The van der Waals surface area contributed by atoms with Crippen LogP contribution in [-0.4, -0.2) is 16.6 Å². The molecule has 4 nitrogen and oxygen atoms in total. The van der Waals surface area contributed by atoms with E-state index < -0.39 is 5.54 Å². The van der Waals surface area contributed by atoms with Gasteiger partial charge in [-0.1, -0.05) is 43.5 Å². The van der Waals surface area contributed by atoms with Gasteiger partial charge in [-0.3, -0.25) is 4.79 Å². The largest absolute Gasteiger partial charge is 0.392 e. The quantitative estimate of drug-likeness (QED) is 0.769. The minimum Gasteiger partial charge on any atom is -0.392 e. The van der Waals surface area contributed by atoms with Crippen molar-refractivity contribution in [2.45, 2.75) is 50.8 Å². The molecule has 0 spiro atoms. The molecule has 4 N–H and O–H groups in total. The van der Waals surface area contributed by atoms with Crippen LogP contribution in [0.3, 0.4) is 0 Å². The standard InChI is InChI=1S/C15H22N2O2/c16-15(8-2-1-3-9-15)14(19)17-10-12-4-6-13(11-18)7-5-12/h4-7,18H,1-3,8-11,16H2,(H,17,19). The molecule has 0 bridgehead atoms. The first-order chi connectivity index (χ1) is 9.14. The van der Waals surface area contributed by atoms with Gasteiger partial charge < -0.3 is 16.2 Å². The predicted octanol–water partition coefficient (Wildman–Crippen LogP) is 1.46. The first-order valence-corrected chi connectivity index (χ1v) is 6.90. The number of hydrogen-bond donors (Lipinski definition) is 3. The highest BCUT2D eigenvalue weighted by Crippen LogP contribution is 2.26. The first kappa shape index (κ1) is 14.0. The number of carbonyl (C=O) groups is 1. The van der Waals surface area contributed by atoms with Crippen molar-refractivity contribution in [2.24, 2.45) is 5.73 Å². The van der Waals surface area contributed by atoms with Gasteiger partial charge in [-0.25, -0.2) is 0 Å². The highest BCUT2D eigenvalue weighted by Gasteiger charge is 2.34. The van der Waals surface area contributed by atoms with Gasteiger partial charge in [0.2, 0.25) is 5.91 Å². The van der Waals surface area contributed by atoms with E-state index in [2.05, 4.69) is 5.32 Å². The van der Waals surface area contributed by atoms with Crippen LogP contribution >= 0.6 is 0 Å². The molecule has 0 saturated heterocycles. The van der Waals surface area contributed by atoms with E-state index >= 15 is 0 Å². The maximum absolute atomic E-state index is 12.1. The van der Waals surface area contributed by atoms with Gasteiger partial charge >= 0.3 is 0 Å². The summed E-state index contributed by atoms with van der Waals surface area (Å²) < 4.78 is 0. The molecule has 1 amide bonds. The highest BCUT2D eigenvalue weighted by atomic mass is 16.3. The average molecular weight is 262 g/mol. The van der Waals surface area contributed by atoms with Gasteiger partial charge in [-0.2, -0.15) is 0 Å². The summed E-state index contributed by atoms with van der Waals surface area (Å²) in [4.78, 5) is 12.1. The van der Waals surface area contributed by atoms with Gasteiger partial charge in [-0.05, 0) is 24.0 Å². The molecular formula is C15H22N2O2. The third-order valence-corrected chi connectivity index (χ3v) is 3.86. The highest BCUT2D eigenvalue weighted by molar-refractivity contribution is 5.86. The second kappa shape index (κ2) is 6.17. The van der Waals surface area contributed by atoms with Gasteiger partial charge in [0.25, 0.3) is 0 Å². The van der Waals surface area contributed by atoms with E-state index in [4.69, 9.17) is 10.8 Å². The van der Waals surface area contributed by atoms with Crippen molar-refractivity contribution in [3.05, 3.63) is 35.4 Å². The topological polar surface area (TPSA) is 75.4 Å². The van der Waals surface area contributed by atoms with Gasteiger partial charge in [0.1, 0.15) is 0 Å². The van der Waals surface area contributed by atoms with Crippen molar-refractivity contribution in [3.8, 4) is 0 Å². The fourth-order valence-corrected chi connectivity index (χ4v) is 2.53.